The largest absolute Gasteiger partial charge is 0.494 e. The van der Waals surface area contributed by atoms with E-state index in [4.69, 9.17) is 25.5 Å². The van der Waals surface area contributed by atoms with Crippen LogP contribution in [0.1, 0.15) is 60.3 Å². The Hall–Kier alpha value is -2.87. The molecule has 1 saturated heterocycles. The Bertz CT molecular complexity index is 1300. The molecule has 3 aromatic rings. The van der Waals surface area contributed by atoms with Crippen molar-refractivity contribution >= 4 is 28.5 Å². The number of halogens is 1. The minimum absolute atomic E-state index is 0.121. The highest BCUT2D eigenvalue weighted by molar-refractivity contribution is 6.31. The number of morpholine rings is 1. The van der Waals surface area contributed by atoms with Gasteiger partial charge in [-0.1, -0.05) is 43.5 Å². The van der Waals surface area contributed by atoms with Gasteiger partial charge in [-0.3, -0.25) is 14.5 Å². The molecule has 8 heteroatoms. The molecule has 0 radical (unpaired) electrons. The Kier molecular flexibility index (Phi) is 8.13. The lowest BCUT2D eigenvalue weighted by Crippen LogP contribution is -2.38. The van der Waals surface area contributed by atoms with Gasteiger partial charge in [0.15, 0.2) is 5.43 Å². The molecule has 0 bridgehead atoms. The summed E-state index contributed by atoms with van der Waals surface area (Å²) in [5.41, 5.74) is 1.38. The third kappa shape index (κ3) is 5.54. The lowest BCUT2D eigenvalue weighted by atomic mass is 9.98. The van der Waals surface area contributed by atoms with Gasteiger partial charge in [0.1, 0.15) is 11.3 Å². The van der Waals surface area contributed by atoms with E-state index in [1.54, 1.807) is 23.1 Å². The van der Waals surface area contributed by atoms with Crippen LogP contribution < -0.4 is 10.2 Å². The first-order valence-corrected chi connectivity index (χ1v) is 13.5. The molecule has 2 aliphatic heterocycles. The van der Waals surface area contributed by atoms with Crippen molar-refractivity contribution in [3.63, 3.8) is 0 Å². The number of ether oxygens (including phenoxy) is 2. The van der Waals surface area contributed by atoms with Crippen LogP contribution in [0.3, 0.4) is 0 Å². The van der Waals surface area contributed by atoms with Crippen molar-refractivity contribution in [2.45, 2.75) is 38.6 Å². The SMILES string of the molecule is CCCCCOc1ccc(C2c3c(oc4ccc(Cl)cc4c3=O)C(=O)N2CCCN2CCOCC2)cc1. The van der Waals surface area contributed by atoms with Crippen LogP contribution in [0.5, 0.6) is 5.75 Å². The van der Waals surface area contributed by atoms with Crippen LogP contribution in [0, 0.1) is 0 Å². The van der Waals surface area contributed by atoms with Crippen molar-refractivity contribution in [1.29, 1.82) is 0 Å². The van der Waals surface area contributed by atoms with Gasteiger partial charge in [0.25, 0.3) is 5.91 Å². The summed E-state index contributed by atoms with van der Waals surface area (Å²) < 4.78 is 17.4. The predicted octanol–water partition coefficient (Wildman–Crippen LogP) is 5.28. The molecular weight excluding hydrogens is 492 g/mol. The van der Waals surface area contributed by atoms with Crippen molar-refractivity contribution < 1.29 is 18.7 Å². The van der Waals surface area contributed by atoms with E-state index in [0.717, 1.165) is 69.8 Å². The fraction of sp³-hybridized carbons (Fsp3) is 0.448. The van der Waals surface area contributed by atoms with E-state index < -0.39 is 6.04 Å². The van der Waals surface area contributed by atoms with Gasteiger partial charge < -0.3 is 18.8 Å². The molecular formula is C29H33ClN2O5. The number of amides is 1. The number of hydrogen-bond acceptors (Lipinski definition) is 6. The Morgan fingerprint density at radius 2 is 1.78 bits per heavy atom. The van der Waals surface area contributed by atoms with Crippen LogP contribution in [0.15, 0.2) is 51.7 Å². The normalized spacial score (nSPS) is 17.9. The summed E-state index contributed by atoms with van der Waals surface area (Å²) in [4.78, 5) is 31.4. The Morgan fingerprint density at radius 3 is 2.54 bits per heavy atom. The first-order valence-electron chi connectivity index (χ1n) is 13.2. The van der Waals surface area contributed by atoms with E-state index in [2.05, 4.69) is 11.8 Å². The fourth-order valence-electron chi connectivity index (χ4n) is 5.15. The molecule has 5 rings (SSSR count). The molecule has 196 valence electrons. The first-order chi connectivity index (χ1) is 18.1. The number of nitrogens with zero attached hydrogens (tertiary/aromatic N) is 2. The highest BCUT2D eigenvalue weighted by Crippen LogP contribution is 2.39. The van der Waals surface area contributed by atoms with Crippen LogP contribution in [0.25, 0.3) is 11.0 Å². The summed E-state index contributed by atoms with van der Waals surface area (Å²) in [5.74, 6) is 0.646. The summed E-state index contributed by atoms with van der Waals surface area (Å²) >= 11 is 6.19. The second-order valence-corrected chi connectivity index (χ2v) is 10.1. The molecule has 1 amide bonds. The van der Waals surface area contributed by atoms with E-state index in [1.165, 1.54) is 0 Å². The molecule has 3 heterocycles. The van der Waals surface area contributed by atoms with Crippen LogP contribution in [-0.4, -0.2) is 61.7 Å². The summed E-state index contributed by atoms with van der Waals surface area (Å²) in [6, 6.07) is 12.1. The summed E-state index contributed by atoms with van der Waals surface area (Å²) in [7, 11) is 0. The van der Waals surface area contributed by atoms with Crippen molar-refractivity contribution in [2.24, 2.45) is 0 Å². The lowest BCUT2D eigenvalue weighted by molar-refractivity contribution is 0.0353. The number of carbonyl (C=O) groups excluding carboxylic acids is 1. The number of carbonyl (C=O) groups is 1. The molecule has 2 aromatic carbocycles. The maximum Gasteiger partial charge on any atom is 0.290 e. The molecule has 0 saturated carbocycles. The lowest BCUT2D eigenvalue weighted by Gasteiger charge is -2.29. The van der Waals surface area contributed by atoms with Crippen LogP contribution in [-0.2, 0) is 4.74 Å². The average molecular weight is 525 g/mol. The molecule has 2 aliphatic rings. The zero-order chi connectivity index (χ0) is 25.8. The van der Waals surface area contributed by atoms with E-state index in [1.807, 2.05) is 24.3 Å². The first kappa shape index (κ1) is 25.8. The number of hydrogen-bond donors (Lipinski definition) is 0. The van der Waals surface area contributed by atoms with Gasteiger partial charge in [-0.25, -0.2) is 0 Å². The monoisotopic (exact) mass is 524 g/mol. The van der Waals surface area contributed by atoms with Crippen LogP contribution >= 0.6 is 11.6 Å². The highest BCUT2D eigenvalue weighted by atomic mass is 35.5. The standard InChI is InChI=1S/C29H33ClN2O5/c1-2-3-4-16-36-22-9-6-20(7-10-22)26-25-27(33)23-19-21(30)8-11-24(23)37-28(25)29(34)32(26)13-5-12-31-14-17-35-18-15-31/h6-11,19,26H,2-5,12-18H2,1H3. The van der Waals surface area contributed by atoms with Crippen LogP contribution in [0.2, 0.25) is 5.02 Å². The topological polar surface area (TPSA) is 72.2 Å². The molecule has 0 N–H and O–H groups in total. The second kappa shape index (κ2) is 11.7. The molecule has 1 unspecified atom stereocenters. The zero-order valence-electron chi connectivity index (χ0n) is 21.2. The summed E-state index contributed by atoms with van der Waals surface area (Å²) in [6.45, 7) is 7.45. The van der Waals surface area contributed by atoms with Crippen molar-refractivity contribution in [3.05, 3.63) is 74.6 Å². The molecule has 1 fully saturated rings. The fourth-order valence-corrected chi connectivity index (χ4v) is 5.32. The maximum absolute atomic E-state index is 13.7. The van der Waals surface area contributed by atoms with Gasteiger partial charge in [0, 0.05) is 31.2 Å². The summed E-state index contributed by atoms with van der Waals surface area (Å²) in [5, 5.41) is 0.836. The maximum atomic E-state index is 13.7. The van der Waals surface area contributed by atoms with Gasteiger partial charge in [-0.15, -0.1) is 0 Å². The highest BCUT2D eigenvalue weighted by Gasteiger charge is 2.42. The number of fused-ring (bicyclic) bond motifs is 2. The van der Waals surface area contributed by atoms with Gasteiger partial charge in [-0.05, 0) is 48.7 Å². The molecule has 0 aliphatic carbocycles. The molecule has 37 heavy (non-hydrogen) atoms. The Morgan fingerprint density at radius 1 is 1.00 bits per heavy atom. The van der Waals surface area contributed by atoms with E-state index >= 15 is 0 Å². The van der Waals surface area contributed by atoms with E-state index in [9.17, 15) is 9.59 Å². The minimum Gasteiger partial charge on any atom is -0.494 e. The minimum atomic E-state index is -0.527. The van der Waals surface area contributed by atoms with Crippen molar-refractivity contribution in [1.82, 2.24) is 9.80 Å². The zero-order valence-corrected chi connectivity index (χ0v) is 22.0. The van der Waals surface area contributed by atoms with Crippen molar-refractivity contribution in [2.75, 3.05) is 46.0 Å². The van der Waals surface area contributed by atoms with E-state index in [0.29, 0.717) is 34.7 Å². The second-order valence-electron chi connectivity index (χ2n) is 9.65. The Balaban J connectivity index is 1.45. The van der Waals surface area contributed by atoms with Gasteiger partial charge in [0.2, 0.25) is 5.76 Å². The van der Waals surface area contributed by atoms with Gasteiger partial charge >= 0.3 is 0 Å². The average Bonchev–Trinajstić information content (AvgIpc) is 3.20. The Labute approximate surface area is 221 Å². The smallest absolute Gasteiger partial charge is 0.290 e. The molecule has 1 aromatic heterocycles. The van der Waals surface area contributed by atoms with Crippen molar-refractivity contribution in [3.8, 4) is 5.75 Å². The third-order valence-electron chi connectivity index (χ3n) is 7.12. The molecule has 1 atom stereocenters. The van der Waals surface area contributed by atoms with Gasteiger partial charge in [0.05, 0.1) is 36.8 Å². The predicted molar refractivity (Wildman–Crippen MR) is 144 cm³/mol. The quantitative estimate of drug-likeness (QED) is 0.336. The number of unbranched alkanes of at least 4 members (excludes halogenated alkanes) is 2. The molecule has 7 nitrogen and oxygen atoms in total. The molecule has 0 spiro atoms. The number of benzene rings is 2. The van der Waals surface area contributed by atoms with Crippen LogP contribution in [0.4, 0.5) is 0 Å². The van der Waals surface area contributed by atoms with E-state index in [-0.39, 0.29) is 17.1 Å². The van der Waals surface area contributed by atoms with Gasteiger partial charge in [-0.2, -0.15) is 0 Å². The number of rotatable bonds is 10. The summed E-state index contributed by atoms with van der Waals surface area (Å²) in [6.07, 6.45) is 4.07. The third-order valence-corrected chi connectivity index (χ3v) is 7.35.